The van der Waals surface area contributed by atoms with Gasteiger partial charge in [0.25, 0.3) is 0 Å². The van der Waals surface area contributed by atoms with Gasteiger partial charge in [-0.15, -0.1) is 0 Å². The van der Waals surface area contributed by atoms with Crippen molar-refractivity contribution in [1.29, 1.82) is 5.26 Å². The molecule has 0 amide bonds. The van der Waals surface area contributed by atoms with Gasteiger partial charge >= 0.3 is 0 Å². The third-order valence-electron chi connectivity index (χ3n) is 5.17. The van der Waals surface area contributed by atoms with Crippen molar-refractivity contribution in [1.82, 2.24) is 10.2 Å². The van der Waals surface area contributed by atoms with E-state index < -0.39 is 0 Å². The molecule has 3 nitrogen and oxygen atoms in total. The summed E-state index contributed by atoms with van der Waals surface area (Å²) in [5.41, 5.74) is 0.220. The minimum atomic E-state index is -0.288. The summed E-state index contributed by atoms with van der Waals surface area (Å²) >= 11 is 0. The Balaban J connectivity index is 1.98. The summed E-state index contributed by atoms with van der Waals surface area (Å²) < 4.78 is 0. The Labute approximate surface area is 124 Å². The van der Waals surface area contributed by atoms with Gasteiger partial charge in [0.15, 0.2) is 0 Å². The van der Waals surface area contributed by atoms with E-state index in [4.69, 9.17) is 0 Å². The summed E-state index contributed by atoms with van der Waals surface area (Å²) in [5.74, 6) is 0. The molecule has 114 valence electrons. The Morgan fingerprint density at radius 1 is 1.20 bits per heavy atom. The van der Waals surface area contributed by atoms with Crippen molar-refractivity contribution < 1.29 is 0 Å². The van der Waals surface area contributed by atoms with Crippen LogP contribution in [0.25, 0.3) is 0 Å². The second-order valence-electron chi connectivity index (χ2n) is 7.94. The van der Waals surface area contributed by atoms with Crippen molar-refractivity contribution in [2.75, 3.05) is 13.1 Å². The molecule has 3 heteroatoms. The monoisotopic (exact) mass is 277 g/mol. The van der Waals surface area contributed by atoms with Crippen LogP contribution < -0.4 is 5.32 Å². The van der Waals surface area contributed by atoms with E-state index in [-0.39, 0.29) is 5.54 Å². The number of nitrogens with one attached hydrogen (secondary N) is 1. The van der Waals surface area contributed by atoms with Crippen molar-refractivity contribution in [2.45, 2.75) is 83.8 Å². The van der Waals surface area contributed by atoms with Crippen LogP contribution in [-0.2, 0) is 0 Å². The summed E-state index contributed by atoms with van der Waals surface area (Å²) in [4.78, 5) is 2.65. The molecule has 2 unspecified atom stereocenters. The summed E-state index contributed by atoms with van der Waals surface area (Å²) in [6.45, 7) is 11.5. The minimum Gasteiger partial charge on any atom is -0.300 e. The highest BCUT2D eigenvalue weighted by atomic mass is 15.2. The van der Waals surface area contributed by atoms with E-state index in [1.165, 1.54) is 38.8 Å². The van der Waals surface area contributed by atoms with Gasteiger partial charge in [0, 0.05) is 12.1 Å². The molecule has 20 heavy (non-hydrogen) atoms. The maximum absolute atomic E-state index is 9.66. The molecule has 0 spiro atoms. The Bertz CT molecular complexity index is 359. The van der Waals surface area contributed by atoms with Crippen LogP contribution in [-0.4, -0.2) is 35.6 Å². The van der Waals surface area contributed by atoms with E-state index in [0.29, 0.717) is 17.5 Å². The van der Waals surface area contributed by atoms with E-state index in [0.717, 1.165) is 12.8 Å². The Hall–Kier alpha value is -0.590. The molecule has 0 radical (unpaired) electrons. The maximum Gasteiger partial charge on any atom is 0.108 e. The van der Waals surface area contributed by atoms with Crippen molar-refractivity contribution in [3.63, 3.8) is 0 Å². The lowest BCUT2D eigenvalue weighted by Gasteiger charge is -2.46. The molecule has 2 rings (SSSR count). The molecule has 1 saturated heterocycles. The number of piperidine rings is 1. The lowest BCUT2D eigenvalue weighted by Crippen LogP contribution is -2.56. The fourth-order valence-corrected chi connectivity index (χ4v) is 3.87. The number of hydrogen-bond donors (Lipinski definition) is 1. The van der Waals surface area contributed by atoms with Crippen molar-refractivity contribution >= 4 is 0 Å². The van der Waals surface area contributed by atoms with Crippen molar-refractivity contribution in [3.8, 4) is 6.07 Å². The van der Waals surface area contributed by atoms with Crippen LogP contribution in [0.4, 0.5) is 0 Å². The maximum atomic E-state index is 9.66. The molecule has 2 atom stereocenters. The van der Waals surface area contributed by atoms with Crippen LogP contribution in [0.1, 0.15) is 66.2 Å². The number of likely N-dealkylation sites (tertiary alicyclic amines) is 1. The first kappa shape index (κ1) is 15.8. The Kier molecular flexibility index (Phi) is 4.76. The molecule has 2 aliphatic rings. The van der Waals surface area contributed by atoms with Crippen LogP contribution in [0.15, 0.2) is 0 Å². The van der Waals surface area contributed by atoms with Crippen molar-refractivity contribution in [2.24, 2.45) is 5.41 Å². The fraction of sp³-hybridized carbons (Fsp3) is 0.941. The zero-order valence-electron chi connectivity index (χ0n) is 13.7. The Morgan fingerprint density at radius 3 is 2.40 bits per heavy atom. The van der Waals surface area contributed by atoms with Crippen LogP contribution in [0, 0.1) is 16.7 Å². The first-order valence-corrected chi connectivity index (χ1v) is 8.29. The summed E-state index contributed by atoms with van der Waals surface area (Å²) in [6, 6.07) is 3.58. The molecule has 1 N–H and O–H groups in total. The van der Waals surface area contributed by atoms with Crippen LogP contribution in [0.5, 0.6) is 0 Å². The highest BCUT2D eigenvalue weighted by molar-refractivity contribution is 5.12. The third-order valence-corrected chi connectivity index (χ3v) is 5.17. The average molecular weight is 277 g/mol. The van der Waals surface area contributed by atoms with Crippen molar-refractivity contribution in [3.05, 3.63) is 0 Å². The first-order chi connectivity index (χ1) is 9.36. The van der Waals surface area contributed by atoms with E-state index in [2.05, 4.69) is 44.0 Å². The highest BCUT2D eigenvalue weighted by Gasteiger charge is 2.40. The molecule has 1 aliphatic heterocycles. The van der Waals surface area contributed by atoms with Gasteiger partial charge in [0.1, 0.15) is 5.54 Å². The van der Waals surface area contributed by atoms with Gasteiger partial charge in [0.2, 0.25) is 0 Å². The molecular weight excluding hydrogens is 246 g/mol. The zero-order valence-corrected chi connectivity index (χ0v) is 13.7. The van der Waals surface area contributed by atoms with Gasteiger partial charge in [-0.3, -0.25) is 5.32 Å². The smallest absolute Gasteiger partial charge is 0.108 e. The quantitative estimate of drug-likeness (QED) is 0.860. The molecule has 0 aromatic rings. The van der Waals surface area contributed by atoms with Gasteiger partial charge < -0.3 is 4.90 Å². The normalized spacial score (nSPS) is 34.9. The number of hydrogen-bond acceptors (Lipinski definition) is 3. The predicted octanol–water partition coefficient (Wildman–Crippen LogP) is 3.31. The molecule has 0 bridgehead atoms. The van der Waals surface area contributed by atoms with Crippen LogP contribution >= 0.6 is 0 Å². The fourth-order valence-electron chi connectivity index (χ4n) is 3.87. The summed E-state index contributed by atoms with van der Waals surface area (Å²) in [7, 11) is 0. The number of nitrogens with zero attached hydrogens (tertiary/aromatic N) is 2. The van der Waals surface area contributed by atoms with Crippen LogP contribution in [0.2, 0.25) is 0 Å². The topological polar surface area (TPSA) is 39.1 Å². The molecule has 2 fully saturated rings. The second kappa shape index (κ2) is 6.03. The third kappa shape index (κ3) is 3.74. The van der Waals surface area contributed by atoms with Crippen LogP contribution in [0.3, 0.4) is 0 Å². The standard InChI is InChI=1S/C17H31N3/c1-14(2)19-17(13-18)7-5-6-15(12-17)20-10-8-16(3,4)9-11-20/h14-15,19H,5-12H2,1-4H3. The minimum absolute atomic E-state index is 0.288. The SMILES string of the molecule is CC(C)NC1(C#N)CCCC(N2CCC(C)(C)CC2)C1. The Morgan fingerprint density at radius 2 is 1.85 bits per heavy atom. The molecule has 1 heterocycles. The molecule has 1 saturated carbocycles. The molecule has 0 aromatic carbocycles. The second-order valence-corrected chi connectivity index (χ2v) is 7.94. The highest BCUT2D eigenvalue weighted by Crippen LogP contribution is 2.36. The average Bonchev–Trinajstić information content (AvgIpc) is 2.38. The predicted molar refractivity (Wildman–Crippen MR) is 83.5 cm³/mol. The largest absolute Gasteiger partial charge is 0.300 e. The van der Waals surface area contributed by atoms with Gasteiger partial charge in [0.05, 0.1) is 6.07 Å². The summed E-state index contributed by atoms with van der Waals surface area (Å²) in [6.07, 6.45) is 7.04. The lowest BCUT2D eigenvalue weighted by atomic mass is 9.76. The van der Waals surface area contributed by atoms with Gasteiger partial charge in [-0.25, -0.2) is 0 Å². The summed E-state index contributed by atoms with van der Waals surface area (Å²) in [5, 5.41) is 13.2. The molecular formula is C17H31N3. The molecule has 0 aromatic heterocycles. The molecule has 1 aliphatic carbocycles. The zero-order chi connectivity index (χ0) is 14.8. The lowest BCUT2D eigenvalue weighted by molar-refractivity contribution is 0.0585. The van der Waals surface area contributed by atoms with E-state index in [1.807, 2.05) is 0 Å². The van der Waals surface area contributed by atoms with E-state index in [9.17, 15) is 5.26 Å². The first-order valence-electron chi connectivity index (χ1n) is 8.29. The number of rotatable bonds is 3. The van der Waals surface area contributed by atoms with Gasteiger partial charge in [-0.2, -0.15) is 5.26 Å². The number of nitriles is 1. The van der Waals surface area contributed by atoms with E-state index in [1.54, 1.807) is 0 Å². The van der Waals surface area contributed by atoms with Gasteiger partial charge in [-0.1, -0.05) is 13.8 Å². The van der Waals surface area contributed by atoms with E-state index >= 15 is 0 Å². The van der Waals surface area contributed by atoms with Gasteiger partial charge in [-0.05, 0) is 70.9 Å².